The van der Waals surface area contributed by atoms with E-state index in [0.29, 0.717) is 17.9 Å². The van der Waals surface area contributed by atoms with E-state index in [1.54, 1.807) is 0 Å². The van der Waals surface area contributed by atoms with Crippen molar-refractivity contribution in [1.82, 2.24) is 18.7 Å². The molecule has 0 N–H and O–H groups in total. The summed E-state index contributed by atoms with van der Waals surface area (Å²) >= 11 is 0. The second kappa shape index (κ2) is 15.8. The van der Waals surface area contributed by atoms with Gasteiger partial charge in [-0.3, -0.25) is 0 Å². The minimum Gasteiger partial charge on any atom is -0.319 e. The SMILES string of the molecule is CC(C)c1cccc(C(C)C)c1-c1ccnc(-n2c3[c-]c(C4(c5[c-]c(-n6[cH+]n(C(C)C)c7ccccc76)ccc5)c5ccccc5-c5ccccc54)ccc3c3ccccc32)c1.[Pt]. The van der Waals surface area contributed by atoms with E-state index in [9.17, 15) is 0 Å². The molecular weight excluding hydrogens is 948 g/mol. The molecule has 0 radical (unpaired) electrons. The summed E-state index contributed by atoms with van der Waals surface area (Å²) in [5.41, 5.74) is 17.0. The summed E-state index contributed by atoms with van der Waals surface area (Å²) in [6.45, 7) is 13.6. The van der Waals surface area contributed by atoms with Gasteiger partial charge in [-0.05, 0) is 106 Å². The van der Waals surface area contributed by atoms with Crippen molar-refractivity contribution in [3.8, 4) is 33.8 Å². The predicted octanol–water partition coefficient (Wildman–Crippen LogP) is 14.7. The molecule has 3 aromatic heterocycles. The van der Waals surface area contributed by atoms with Crippen LogP contribution in [0.2, 0.25) is 0 Å². The molecule has 5 heteroatoms. The second-order valence-electron chi connectivity index (χ2n) is 17.8. The number of benzene rings is 7. The topological polar surface area (TPSA) is 27.7 Å². The van der Waals surface area contributed by atoms with Gasteiger partial charge in [0.25, 0.3) is 0 Å². The maximum Gasteiger partial charge on any atom is 0.188 e. The van der Waals surface area contributed by atoms with Gasteiger partial charge in [0.05, 0.1) is 6.04 Å². The average Bonchev–Trinajstić information content (AvgIpc) is 3.96. The van der Waals surface area contributed by atoms with Crippen LogP contribution in [0.25, 0.3) is 66.6 Å². The molecule has 312 valence electrons. The fraction of sp³-hybridized carbons (Fsp3) is 0.172. The van der Waals surface area contributed by atoms with E-state index >= 15 is 0 Å². The standard InChI is InChI=1S/C58H49N4.Pt/c1-37(2)44-22-16-23-45(38(3)4)57(44)40-31-32-59-56(33-40)62-52-26-12-9-21-48(52)49-30-29-42(35-55(49)62)58(50-24-10-7-19-46(50)47-20-8-11-25-51(47)58)41-17-15-18-43(34-41)61-36-60(39(5)6)53-27-13-14-28-54(53)61;/h7-33,36-39H,1-6H3;/q-1;. The van der Waals surface area contributed by atoms with Gasteiger partial charge in [0.1, 0.15) is 5.82 Å². The van der Waals surface area contributed by atoms with Crippen molar-refractivity contribution in [1.29, 1.82) is 0 Å². The monoisotopic (exact) mass is 996 g/mol. The Bertz CT molecular complexity index is 3290. The number of hydrogen-bond donors (Lipinski definition) is 0. The first kappa shape index (κ1) is 40.7. The first-order chi connectivity index (χ1) is 30.3. The van der Waals surface area contributed by atoms with Gasteiger partial charge in [0.15, 0.2) is 17.4 Å². The molecule has 0 bridgehead atoms. The van der Waals surface area contributed by atoms with Crippen molar-refractivity contribution in [2.24, 2.45) is 0 Å². The zero-order valence-corrected chi connectivity index (χ0v) is 38.8. The Hall–Kier alpha value is -6.35. The van der Waals surface area contributed by atoms with Gasteiger partial charge >= 0.3 is 0 Å². The molecule has 1 aliphatic rings. The average molecular weight is 997 g/mol. The second-order valence-corrected chi connectivity index (χ2v) is 17.8. The molecule has 0 unspecified atom stereocenters. The molecule has 11 rings (SSSR count). The first-order valence-electron chi connectivity index (χ1n) is 22.0. The Morgan fingerprint density at radius 3 is 1.84 bits per heavy atom. The van der Waals surface area contributed by atoms with E-state index in [2.05, 4.69) is 231 Å². The molecule has 0 fully saturated rings. The van der Waals surface area contributed by atoms with Gasteiger partial charge in [0, 0.05) is 56.0 Å². The summed E-state index contributed by atoms with van der Waals surface area (Å²) in [5.74, 6) is 1.63. The fourth-order valence-corrected chi connectivity index (χ4v) is 10.4. The third-order valence-corrected chi connectivity index (χ3v) is 13.2. The van der Waals surface area contributed by atoms with Crippen molar-refractivity contribution >= 4 is 32.8 Å². The quantitative estimate of drug-likeness (QED) is 0.139. The minimum absolute atomic E-state index is 0. The van der Waals surface area contributed by atoms with Gasteiger partial charge in [-0.2, -0.15) is 30.3 Å². The molecule has 10 aromatic rings. The molecule has 0 aliphatic heterocycles. The van der Waals surface area contributed by atoms with Crippen molar-refractivity contribution in [3.63, 3.8) is 0 Å². The van der Waals surface area contributed by atoms with Gasteiger partial charge in [-0.1, -0.05) is 124 Å². The summed E-state index contributed by atoms with van der Waals surface area (Å²) in [7, 11) is 0. The van der Waals surface area contributed by atoms with Crippen LogP contribution in [0.3, 0.4) is 0 Å². The maximum atomic E-state index is 5.15. The molecule has 0 spiro atoms. The zero-order chi connectivity index (χ0) is 42.3. The number of nitrogens with zero attached hydrogens (tertiary/aromatic N) is 4. The number of fused-ring (bicyclic) bond motifs is 7. The normalized spacial score (nSPS) is 13.0. The largest absolute Gasteiger partial charge is 0.319 e. The number of imidazole rings is 1. The maximum absolute atomic E-state index is 5.15. The molecule has 63 heavy (non-hydrogen) atoms. The summed E-state index contributed by atoms with van der Waals surface area (Å²) < 4.78 is 6.98. The van der Waals surface area contributed by atoms with Crippen LogP contribution in [0, 0.1) is 12.1 Å². The number of rotatable bonds is 8. The molecular formula is C58H49N4Pt-. The fourth-order valence-electron chi connectivity index (χ4n) is 10.4. The number of para-hydroxylation sites is 3. The molecule has 0 saturated carbocycles. The van der Waals surface area contributed by atoms with E-state index < -0.39 is 5.41 Å². The van der Waals surface area contributed by atoms with E-state index in [1.807, 2.05) is 6.20 Å². The molecule has 0 saturated heterocycles. The molecule has 3 heterocycles. The molecule has 0 atom stereocenters. The van der Waals surface area contributed by atoms with E-state index in [0.717, 1.165) is 44.6 Å². The Morgan fingerprint density at radius 2 is 1.16 bits per heavy atom. The van der Waals surface area contributed by atoms with Crippen LogP contribution in [-0.2, 0) is 26.5 Å². The van der Waals surface area contributed by atoms with Crippen LogP contribution in [0.4, 0.5) is 0 Å². The van der Waals surface area contributed by atoms with Gasteiger partial charge in [-0.25, -0.2) is 14.1 Å². The Labute approximate surface area is 384 Å². The van der Waals surface area contributed by atoms with Crippen LogP contribution < -0.4 is 0 Å². The Morgan fingerprint density at radius 1 is 0.556 bits per heavy atom. The van der Waals surface area contributed by atoms with Crippen molar-refractivity contribution in [2.75, 3.05) is 0 Å². The zero-order valence-electron chi connectivity index (χ0n) is 36.5. The summed E-state index contributed by atoms with van der Waals surface area (Å²) in [4.78, 5) is 5.15. The summed E-state index contributed by atoms with van der Waals surface area (Å²) in [5, 5.41) is 2.32. The molecule has 7 aromatic carbocycles. The third-order valence-electron chi connectivity index (χ3n) is 13.2. The van der Waals surface area contributed by atoms with E-state index in [-0.39, 0.29) is 21.1 Å². The van der Waals surface area contributed by atoms with Crippen LogP contribution >= 0.6 is 0 Å². The Balaban J connectivity index is 0.00000471. The molecule has 1 aliphatic carbocycles. The van der Waals surface area contributed by atoms with E-state index in [1.165, 1.54) is 55.4 Å². The summed E-state index contributed by atoms with van der Waals surface area (Å²) in [6, 6.07) is 66.3. The van der Waals surface area contributed by atoms with Crippen molar-refractivity contribution in [2.45, 2.75) is 64.8 Å². The summed E-state index contributed by atoms with van der Waals surface area (Å²) in [6.07, 6.45) is 4.21. The predicted molar refractivity (Wildman–Crippen MR) is 257 cm³/mol. The first-order valence-corrected chi connectivity index (χ1v) is 22.0. The van der Waals surface area contributed by atoms with Gasteiger partial charge < -0.3 is 4.57 Å². The van der Waals surface area contributed by atoms with Crippen LogP contribution in [-0.4, -0.2) is 18.7 Å². The minimum atomic E-state index is -0.715. The molecule has 0 amide bonds. The van der Waals surface area contributed by atoms with Crippen molar-refractivity contribution in [3.05, 3.63) is 216 Å². The van der Waals surface area contributed by atoms with Crippen LogP contribution in [0.15, 0.2) is 170 Å². The third kappa shape index (κ3) is 6.21. The molecule has 4 nitrogen and oxygen atoms in total. The number of aromatic nitrogens is 4. The number of hydrogen-bond acceptors (Lipinski definition) is 1. The van der Waals surface area contributed by atoms with E-state index in [4.69, 9.17) is 4.98 Å². The van der Waals surface area contributed by atoms with Crippen LogP contribution in [0.1, 0.15) is 92.8 Å². The Kier molecular flexibility index (Phi) is 10.2. The van der Waals surface area contributed by atoms with Gasteiger partial charge in [0.2, 0.25) is 0 Å². The smallest absolute Gasteiger partial charge is 0.188 e. The van der Waals surface area contributed by atoms with Crippen LogP contribution in [0.5, 0.6) is 0 Å². The van der Waals surface area contributed by atoms with Crippen molar-refractivity contribution < 1.29 is 21.1 Å². The number of pyridine rings is 1. The van der Waals surface area contributed by atoms with Gasteiger partial charge in [-0.15, -0.1) is 22.6 Å².